The Labute approximate surface area is 189 Å². The van der Waals surface area contributed by atoms with Crippen LogP contribution in [0.25, 0.3) is 0 Å². The molecule has 2 aromatic carbocycles. The number of nitrogens with one attached hydrogen (secondary N) is 2. The predicted molar refractivity (Wildman–Crippen MR) is 121 cm³/mol. The number of sulfonamides is 1. The number of aryl methyl sites for hydroxylation is 1. The third-order valence-corrected chi connectivity index (χ3v) is 6.83. The predicted octanol–water partition coefficient (Wildman–Crippen LogP) is 3.86. The molecule has 2 N–H and O–H groups in total. The minimum Gasteiger partial charge on any atom is -0.462 e. The molecule has 3 aromatic rings. The van der Waals surface area contributed by atoms with Crippen LogP contribution in [0.5, 0.6) is 0 Å². The first kappa shape index (κ1) is 23.4. The SMILES string of the molecule is CCCCOC(=O)c1ccc(NS(=O)(=O)c2nnc(NC(=O)c3cccc(C)c3)s2)cc1. The van der Waals surface area contributed by atoms with Crippen molar-refractivity contribution in [3.8, 4) is 0 Å². The monoisotopic (exact) mass is 474 g/mol. The molecule has 0 unspecified atom stereocenters. The van der Waals surface area contributed by atoms with Crippen molar-refractivity contribution in [1.82, 2.24) is 10.2 Å². The van der Waals surface area contributed by atoms with Gasteiger partial charge in [-0.05, 0) is 49.7 Å². The number of anilines is 2. The standard InChI is InChI=1S/C21H22N4O5S2/c1-3-4-12-30-19(27)15-8-10-17(11-9-15)25-32(28,29)21-24-23-20(31-21)22-18(26)16-7-5-6-14(2)13-16/h5-11,13,25H,3-4,12H2,1-2H3,(H,22,23,26). The molecule has 0 aliphatic rings. The zero-order valence-corrected chi connectivity index (χ0v) is 19.1. The van der Waals surface area contributed by atoms with Gasteiger partial charge in [-0.3, -0.25) is 14.8 Å². The van der Waals surface area contributed by atoms with Gasteiger partial charge in [-0.25, -0.2) is 4.79 Å². The average Bonchev–Trinajstić information content (AvgIpc) is 3.23. The van der Waals surface area contributed by atoms with Gasteiger partial charge >= 0.3 is 5.97 Å². The summed E-state index contributed by atoms with van der Waals surface area (Å²) in [5.41, 5.74) is 1.91. The molecule has 1 amide bonds. The molecule has 9 nitrogen and oxygen atoms in total. The van der Waals surface area contributed by atoms with Crippen molar-refractivity contribution in [3.05, 3.63) is 65.2 Å². The summed E-state index contributed by atoms with van der Waals surface area (Å²) in [4.78, 5) is 24.2. The number of benzene rings is 2. The first-order valence-electron chi connectivity index (χ1n) is 9.80. The van der Waals surface area contributed by atoms with E-state index in [1.54, 1.807) is 18.2 Å². The lowest BCUT2D eigenvalue weighted by Crippen LogP contribution is -2.13. The number of esters is 1. The minimum absolute atomic E-state index is 0.0575. The first-order chi connectivity index (χ1) is 15.3. The van der Waals surface area contributed by atoms with E-state index in [1.807, 2.05) is 19.9 Å². The van der Waals surface area contributed by atoms with Crippen LogP contribution in [0.15, 0.2) is 52.9 Å². The van der Waals surface area contributed by atoms with Crippen LogP contribution in [0.4, 0.5) is 10.8 Å². The minimum atomic E-state index is -4.02. The molecule has 0 fully saturated rings. The highest BCUT2D eigenvalue weighted by molar-refractivity contribution is 7.94. The van der Waals surface area contributed by atoms with Crippen LogP contribution in [0.2, 0.25) is 0 Å². The Hall–Kier alpha value is -3.31. The molecule has 3 rings (SSSR count). The maximum absolute atomic E-state index is 12.6. The number of hydrogen-bond acceptors (Lipinski definition) is 8. The lowest BCUT2D eigenvalue weighted by molar-refractivity contribution is 0.0499. The molecule has 11 heteroatoms. The summed E-state index contributed by atoms with van der Waals surface area (Å²) < 4.78 is 32.4. The number of carbonyl (C=O) groups is 2. The normalized spacial score (nSPS) is 11.1. The highest BCUT2D eigenvalue weighted by Gasteiger charge is 2.21. The first-order valence-corrected chi connectivity index (χ1v) is 12.1. The van der Waals surface area contributed by atoms with Crippen molar-refractivity contribution >= 4 is 44.1 Å². The molecule has 32 heavy (non-hydrogen) atoms. The van der Waals surface area contributed by atoms with Gasteiger partial charge in [0.25, 0.3) is 20.3 Å². The number of unbranched alkanes of at least 4 members (excludes halogenated alkanes) is 1. The molecule has 0 atom stereocenters. The zero-order valence-electron chi connectivity index (χ0n) is 17.5. The van der Waals surface area contributed by atoms with E-state index in [-0.39, 0.29) is 15.2 Å². The van der Waals surface area contributed by atoms with Gasteiger partial charge in [0.05, 0.1) is 12.2 Å². The lowest BCUT2D eigenvalue weighted by Gasteiger charge is -2.07. The highest BCUT2D eigenvalue weighted by Crippen LogP contribution is 2.23. The molecule has 0 saturated carbocycles. The Bertz CT molecular complexity index is 1210. The van der Waals surface area contributed by atoms with Gasteiger partial charge in [-0.15, -0.1) is 10.2 Å². The van der Waals surface area contributed by atoms with Crippen LogP contribution in [0.1, 0.15) is 46.0 Å². The van der Waals surface area contributed by atoms with Gasteiger partial charge in [0.15, 0.2) is 0 Å². The lowest BCUT2D eigenvalue weighted by atomic mass is 10.1. The van der Waals surface area contributed by atoms with Crippen LogP contribution in [-0.4, -0.2) is 37.1 Å². The van der Waals surface area contributed by atoms with Crippen LogP contribution in [-0.2, 0) is 14.8 Å². The fourth-order valence-electron chi connectivity index (χ4n) is 2.59. The molecular weight excluding hydrogens is 452 g/mol. The second kappa shape index (κ2) is 10.3. The Morgan fingerprint density at radius 2 is 1.81 bits per heavy atom. The molecule has 0 aliphatic heterocycles. The van der Waals surface area contributed by atoms with Gasteiger partial charge < -0.3 is 4.74 Å². The molecule has 0 spiro atoms. The van der Waals surface area contributed by atoms with Crippen LogP contribution >= 0.6 is 11.3 Å². The molecule has 1 heterocycles. The number of nitrogens with zero attached hydrogens (tertiary/aromatic N) is 2. The van der Waals surface area contributed by atoms with Crippen molar-refractivity contribution in [2.45, 2.75) is 31.0 Å². The quantitative estimate of drug-likeness (QED) is 0.274. The fourth-order valence-corrected chi connectivity index (χ4v) is 4.55. The number of rotatable bonds is 9. The summed E-state index contributed by atoms with van der Waals surface area (Å²) in [6.07, 6.45) is 1.69. The summed E-state index contributed by atoms with van der Waals surface area (Å²) in [6, 6.07) is 12.8. The summed E-state index contributed by atoms with van der Waals surface area (Å²) in [5, 5.41) is 10.0. The number of ether oxygens (including phenoxy) is 1. The van der Waals surface area contributed by atoms with Crippen molar-refractivity contribution < 1.29 is 22.7 Å². The maximum atomic E-state index is 12.6. The molecule has 168 valence electrons. The number of aromatic nitrogens is 2. The second-order valence-corrected chi connectivity index (χ2v) is 9.70. The van der Waals surface area contributed by atoms with Gasteiger partial charge in [0.2, 0.25) is 5.13 Å². The van der Waals surface area contributed by atoms with E-state index in [0.717, 1.165) is 29.7 Å². The molecule has 0 radical (unpaired) electrons. The third kappa shape index (κ3) is 6.11. The Morgan fingerprint density at radius 3 is 2.50 bits per heavy atom. The van der Waals surface area contributed by atoms with Crippen molar-refractivity contribution in [2.24, 2.45) is 0 Å². The summed E-state index contributed by atoms with van der Waals surface area (Å²) in [7, 11) is -4.02. The molecule has 1 aromatic heterocycles. The van der Waals surface area contributed by atoms with Crippen molar-refractivity contribution in [1.29, 1.82) is 0 Å². The van der Waals surface area contributed by atoms with Crippen molar-refractivity contribution in [2.75, 3.05) is 16.6 Å². The fraction of sp³-hybridized carbons (Fsp3) is 0.238. The van der Waals surface area contributed by atoms with Crippen LogP contribution in [0, 0.1) is 6.92 Å². The van der Waals surface area contributed by atoms with E-state index >= 15 is 0 Å². The highest BCUT2D eigenvalue weighted by atomic mass is 32.2. The second-order valence-electron chi connectivity index (χ2n) is 6.87. The summed E-state index contributed by atoms with van der Waals surface area (Å²) in [6.45, 7) is 4.19. The molecular formula is C21H22N4O5S2. The average molecular weight is 475 g/mol. The third-order valence-electron chi connectivity index (χ3n) is 4.24. The van der Waals surface area contributed by atoms with E-state index < -0.39 is 21.9 Å². The van der Waals surface area contributed by atoms with Gasteiger partial charge in [-0.2, -0.15) is 8.42 Å². The number of amides is 1. The van der Waals surface area contributed by atoms with Gasteiger partial charge in [0.1, 0.15) is 0 Å². The van der Waals surface area contributed by atoms with Crippen LogP contribution < -0.4 is 10.0 Å². The smallest absolute Gasteiger partial charge is 0.338 e. The largest absolute Gasteiger partial charge is 0.462 e. The molecule has 0 aliphatic carbocycles. The van der Waals surface area contributed by atoms with E-state index in [2.05, 4.69) is 20.2 Å². The maximum Gasteiger partial charge on any atom is 0.338 e. The van der Waals surface area contributed by atoms with E-state index in [1.165, 1.54) is 24.3 Å². The van der Waals surface area contributed by atoms with Gasteiger partial charge in [-0.1, -0.05) is 42.4 Å². The van der Waals surface area contributed by atoms with Crippen molar-refractivity contribution in [3.63, 3.8) is 0 Å². The van der Waals surface area contributed by atoms with Crippen LogP contribution in [0.3, 0.4) is 0 Å². The Morgan fingerprint density at radius 1 is 1.06 bits per heavy atom. The Kier molecular flexibility index (Phi) is 7.54. The number of hydrogen-bond donors (Lipinski definition) is 2. The van der Waals surface area contributed by atoms with E-state index in [0.29, 0.717) is 17.7 Å². The Balaban J connectivity index is 1.64. The summed E-state index contributed by atoms with van der Waals surface area (Å²) >= 11 is 0.727. The van der Waals surface area contributed by atoms with E-state index in [4.69, 9.17) is 4.74 Å². The molecule has 0 bridgehead atoms. The zero-order chi connectivity index (χ0) is 23.1. The number of carbonyl (C=O) groups excluding carboxylic acids is 2. The summed E-state index contributed by atoms with van der Waals surface area (Å²) in [5.74, 6) is -0.880. The molecule has 0 saturated heterocycles. The van der Waals surface area contributed by atoms with E-state index in [9.17, 15) is 18.0 Å². The van der Waals surface area contributed by atoms with Gasteiger partial charge in [0, 0.05) is 11.3 Å². The topological polar surface area (TPSA) is 127 Å².